The molecule has 0 aliphatic heterocycles. The monoisotopic (exact) mass is 430 g/mol. The maximum atomic E-state index is 12.7. The van der Waals surface area contributed by atoms with Crippen molar-refractivity contribution in [1.29, 1.82) is 0 Å². The van der Waals surface area contributed by atoms with E-state index in [1.165, 1.54) is 18.1 Å². The van der Waals surface area contributed by atoms with E-state index >= 15 is 0 Å². The number of amides is 1. The summed E-state index contributed by atoms with van der Waals surface area (Å²) in [5, 5.41) is 14.2. The summed E-state index contributed by atoms with van der Waals surface area (Å²) in [5.41, 5.74) is 2.83. The number of aromatic amines is 1. The molecule has 3 rings (SSSR count). The number of carbonyl (C=O) groups is 1. The average molecular weight is 431 g/mol. The number of carbonyl (C=O) groups excluding carboxylic acids is 1. The maximum Gasteiger partial charge on any atom is 0.249 e. The zero-order valence-electron chi connectivity index (χ0n) is 17.8. The summed E-state index contributed by atoms with van der Waals surface area (Å²) in [5.74, 6) is 1.31. The smallest absolute Gasteiger partial charge is 0.249 e. The molecule has 1 amide bonds. The molecule has 0 saturated heterocycles. The van der Waals surface area contributed by atoms with E-state index in [9.17, 15) is 4.79 Å². The van der Waals surface area contributed by atoms with Crippen molar-refractivity contribution in [2.24, 2.45) is 5.92 Å². The van der Waals surface area contributed by atoms with Gasteiger partial charge in [-0.1, -0.05) is 30.8 Å². The number of H-pyrrole nitrogens is 1. The number of aromatic nitrogens is 7. The van der Waals surface area contributed by atoms with E-state index < -0.39 is 0 Å². The fourth-order valence-corrected chi connectivity index (χ4v) is 3.60. The van der Waals surface area contributed by atoms with Gasteiger partial charge in [-0.2, -0.15) is 10.1 Å². The molecule has 11 heteroatoms. The molecule has 2 N–H and O–H groups in total. The van der Waals surface area contributed by atoms with E-state index in [1.54, 1.807) is 0 Å². The quantitative estimate of drug-likeness (QED) is 0.388. The molecule has 160 valence electrons. The normalized spacial score (nSPS) is 12.3. The predicted molar refractivity (Wildman–Crippen MR) is 112 cm³/mol. The van der Waals surface area contributed by atoms with Crippen LogP contribution in [-0.4, -0.2) is 47.5 Å². The SMILES string of the molecule is CSc1nc(C)c(CCC(=O)N[C@@H](CC(C)C)c2nc(-c3ncn[nH]3)no2)c(C)n1. The first-order valence-corrected chi connectivity index (χ1v) is 11.0. The summed E-state index contributed by atoms with van der Waals surface area (Å²) in [6, 6.07) is -0.376. The van der Waals surface area contributed by atoms with Crippen LogP contribution in [0.4, 0.5) is 0 Å². The van der Waals surface area contributed by atoms with Crippen LogP contribution in [-0.2, 0) is 11.2 Å². The van der Waals surface area contributed by atoms with Gasteiger partial charge in [-0.3, -0.25) is 9.89 Å². The number of nitrogens with one attached hydrogen (secondary N) is 2. The minimum absolute atomic E-state index is 0.0900. The summed E-state index contributed by atoms with van der Waals surface area (Å²) in [6.45, 7) is 8.05. The second kappa shape index (κ2) is 9.79. The summed E-state index contributed by atoms with van der Waals surface area (Å²) in [6.07, 6.45) is 4.88. The summed E-state index contributed by atoms with van der Waals surface area (Å²) < 4.78 is 5.39. The molecule has 0 radical (unpaired) electrons. The van der Waals surface area contributed by atoms with Crippen LogP contribution >= 0.6 is 11.8 Å². The van der Waals surface area contributed by atoms with Crippen LogP contribution in [0.5, 0.6) is 0 Å². The first-order chi connectivity index (χ1) is 14.4. The third-order valence-electron chi connectivity index (χ3n) is 4.59. The van der Waals surface area contributed by atoms with Crippen molar-refractivity contribution < 1.29 is 9.32 Å². The van der Waals surface area contributed by atoms with Gasteiger partial charge in [0.15, 0.2) is 11.0 Å². The third-order valence-corrected chi connectivity index (χ3v) is 5.14. The molecule has 3 heterocycles. The Bertz CT molecular complexity index is 963. The second-order valence-corrected chi connectivity index (χ2v) is 8.17. The molecule has 0 unspecified atom stereocenters. The molecule has 0 fully saturated rings. The van der Waals surface area contributed by atoms with E-state index in [0.29, 0.717) is 42.7 Å². The number of nitrogens with zero attached hydrogens (tertiary/aromatic N) is 6. The maximum absolute atomic E-state index is 12.7. The summed E-state index contributed by atoms with van der Waals surface area (Å²) in [7, 11) is 0. The molecule has 0 saturated carbocycles. The van der Waals surface area contributed by atoms with E-state index in [1.807, 2.05) is 20.1 Å². The molecule has 0 aliphatic carbocycles. The highest BCUT2D eigenvalue weighted by Gasteiger charge is 2.23. The van der Waals surface area contributed by atoms with Crippen LogP contribution in [0, 0.1) is 19.8 Å². The van der Waals surface area contributed by atoms with E-state index in [2.05, 4.69) is 54.5 Å². The van der Waals surface area contributed by atoms with Crippen molar-refractivity contribution in [3.63, 3.8) is 0 Å². The van der Waals surface area contributed by atoms with Gasteiger partial charge in [-0.15, -0.1) is 0 Å². The largest absolute Gasteiger partial charge is 0.344 e. The highest BCUT2D eigenvalue weighted by molar-refractivity contribution is 7.98. The molecule has 30 heavy (non-hydrogen) atoms. The van der Waals surface area contributed by atoms with Crippen LogP contribution < -0.4 is 5.32 Å². The number of thioether (sulfide) groups is 1. The first kappa shape index (κ1) is 21.9. The van der Waals surface area contributed by atoms with Crippen molar-refractivity contribution >= 4 is 17.7 Å². The van der Waals surface area contributed by atoms with Gasteiger partial charge in [0.25, 0.3) is 0 Å². The van der Waals surface area contributed by atoms with Crippen molar-refractivity contribution in [2.45, 2.75) is 58.2 Å². The zero-order valence-corrected chi connectivity index (χ0v) is 18.6. The Balaban J connectivity index is 1.67. The third kappa shape index (κ3) is 5.41. The topological polar surface area (TPSA) is 135 Å². The standard InChI is InChI=1S/C19H26N8O2S/c1-10(2)8-14(18-25-17(27-29-18)16-20-9-21-26-16)24-15(28)7-6-13-11(3)22-19(30-5)23-12(13)4/h9-10,14H,6-8H2,1-5H3,(H,24,28)(H,20,21,26)/t14-/m0/s1. The lowest BCUT2D eigenvalue weighted by atomic mass is 10.0. The Labute approximate surface area is 179 Å². The molecule has 0 aromatic carbocycles. The molecule has 0 spiro atoms. The van der Waals surface area contributed by atoms with Crippen LogP contribution in [0.3, 0.4) is 0 Å². The summed E-state index contributed by atoms with van der Waals surface area (Å²) >= 11 is 1.51. The molecule has 0 aliphatic rings. The first-order valence-electron chi connectivity index (χ1n) is 9.74. The van der Waals surface area contributed by atoms with Gasteiger partial charge in [0.2, 0.25) is 17.6 Å². The minimum Gasteiger partial charge on any atom is -0.344 e. The van der Waals surface area contributed by atoms with Crippen molar-refractivity contribution in [3.8, 4) is 11.6 Å². The van der Waals surface area contributed by atoms with Gasteiger partial charge < -0.3 is 9.84 Å². The minimum atomic E-state index is -0.376. The molecular formula is C19H26N8O2S. The Morgan fingerprint density at radius 2 is 1.97 bits per heavy atom. The van der Waals surface area contributed by atoms with Crippen LogP contribution in [0.15, 0.2) is 16.0 Å². The van der Waals surface area contributed by atoms with Gasteiger partial charge in [0.1, 0.15) is 12.4 Å². The zero-order chi connectivity index (χ0) is 21.7. The fraction of sp³-hybridized carbons (Fsp3) is 0.526. The molecule has 3 aromatic heterocycles. The van der Waals surface area contributed by atoms with Gasteiger partial charge in [-0.25, -0.2) is 15.0 Å². The molecule has 3 aromatic rings. The average Bonchev–Trinajstić information content (AvgIpc) is 3.37. The van der Waals surface area contributed by atoms with E-state index in [0.717, 1.165) is 22.1 Å². The number of hydrogen-bond donors (Lipinski definition) is 2. The lowest BCUT2D eigenvalue weighted by Gasteiger charge is -2.17. The van der Waals surface area contributed by atoms with Gasteiger partial charge in [0.05, 0.1) is 0 Å². The Morgan fingerprint density at radius 3 is 2.57 bits per heavy atom. The molecule has 1 atom stereocenters. The predicted octanol–water partition coefficient (Wildman–Crippen LogP) is 2.82. The second-order valence-electron chi connectivity index (χ2n) is 7.40. The molecule has 10 nitrogen and oxygen atoms in total. The molecular weight excluding hydrogens is 404 g/mol. The highest BCUT2D eigenvalue weighted by Crippen LogP contribution is 2.23. The number of aryl methyl sites for hydroxylation is 2. The Morgan fingerprint density at radius 1 is 1.23 bits per heavy atom. The Hall–Kier alpha value is -2.82. The van der Waals surface area contributed by atoms with Crippen LogP contribution in [0.25, 0.3) is 11.6 Å². The Kier molecular flexibility index (Phi) is 7.14. The van der Waals surface area contributed by atoms with Crippen molar-refractivity contribution in [2.75, 3.05) is 6.26 Å². The van der Waals surface area contributed by atoms with Gasteiger partial charge in [0, 0.05) is 17.8 Å². The van der Waals surface area contributed by atoms with E-state index in [-0.39, 0.29) is 11.9 Å². The lowest BCUT2D eigenvalue weighted by molar-refractivity contribution is -0.122. The fourth-order valence-electron chi connectivity index (χ4n) is 3.15. The van der Waals surface area contributed by atoms with Gasteiger partial charge >= 0.3 is 0 Å². The van der Waals surface area contributed by atoms with E-state index in [4.69, 9.17) is 4.52 Å². The number of rotatable bonds is 9. The molecule has 0 bridgehead atoms. The van der Waals surface area contributed by atoms with Crippen LogP contribution in [0.2, 0.25) is 0 Å². The van der Waals surface area contributed by atoms with Crippen molar-refractivity contribution in [3.05, 3.63) is 29.2 Å². The highest BCUT2D eigenvalue weighted by atomic mass is 32.2. The lowest BCUT2D eigenvalue weighted by Crippen LogP contribution is -2.30. The number of hydrogen-bond acceptors (Lipinski definition) is 9. The van der Waals surface area contributed by atoms with Crippen molar-refractivity contribution in [1.82, 2.24) is 40.6 Å². The summed E-state index contributed by atoms with van der Waals surface area (Å²) in [4.78, 5) is 30.0. The van der Waals surface area contributed by atoms with Crippen LogP contribution in [0.1, 0.15) is 55.6 Å². The van der Waals surface area contributed by atoms with Gasteiger partial charge in [-0.05, 0) is 44.4 Å².